The first-order valence-corrected chi connectivity index (χ1v) is 8.58. The molecule has 0 radical (unpaired) electrons. The lowest BCUT2D eigenvalue weighted by molar-refractivity contribution is -0.0958. The third-order valence-electron chi connectivity index (χ3n) is 4.34. The Morgan fingerprint density at radius 3 is 2.95 bits per heavy atom. The standard InChI is InChI=1S/C15H21BO4S/c1-11-8-12(2-3-14(11)16(17)18)20-13-4-6-19-15(9-13)5-7-21-10-15/h2-3,8,13,17-18H,4-7,9-10H2,1H3. The maximum Gasteiger partial charge on any atom is 0.488 e. The number of hydrogen-bond donors (Lipinski definition) is 2. The summed E-state index contributed by atoms with van der Waals surface area (Å²) in [4.78, 5) is 0. The van der Waals surface area contributed by atoms with Gasteiger partial charge in [-0.3, -0.25) is 0 Å². The number of benzene rings is 1. The van der Waals surface area contributed by atoms with E-state index in [9.17, 15) is 10.0 Å². The van der Waals surface area contributed by atoms with Crippen LogP contribution in [0, 0.1) is 6.92 Å². The van der Waals surface area contributed by atoms with E-state index in [2.05, 4.69) is 0 Å². The van der Waals surface area contributed by atoms with Crippen molar-refractivity contribution >= 4 is 24.3 Å². The van der Waals surface area contributed by atoms with Gasteiger partial charge in [-0.1, -0.05) is 6.07 Å². The van der Waals surface area contributed by atoms with E-state index in [-0.39, 0.29) is 11.7 Å². The summed E-state index contributed by atoms with van der Waals surface area (Å²) in [7, 11) is -1.43. The molecule has 1 spiro atoms. The summed E-state index contributed by atoms with van der Waals surface area (Å²) >= 11 is 1.96. The monoisotopic (exact) mass is 308 g/mol. The van der Waals surface area contributed by atoms with Crippen LogP contribution in [-0.2, 0) is 4.74 Å². The van der Waals surface area contributed by atoms with Gasteiger partial charge in [0.25, 0.3) is 0 Å². The molecule has 3 rings (SSSR count). The lowest BCUT2D eigenvalue weighted by Crippen LogP contribution is -2.43. The molecule has 0 bridgehead atoms. The smallest absolute Gasteiger partial charge is 0.488 e. The summed E-state index contributed by atoms with van der Waals surface area (Å²) in [5.74, 6) is 3.04. The molecule has 0 saturated carbocycles. The Bertz CT molecular complexity index is 502. The maximum absolute atomic E-state index is 9.25. The van der Waals surface area contributed by atoms with Crippen molar-refractivity contribution < 1.29 is 19.5 Å². The lowest BCUT2D eigenvalue weighted by Gasteiger charge is -2.37. The minimum atomic E-state index is -1.43. The predicted octanol–water partition coefficient (Wildman–Crippen LogP) is 1.11. The van der Waals surface area contributed by atoms with Crippen molar-refractivity contribution in [2.75, 3.05) is 18.1 Å². The highest BCUT2D eigenvalue weighted by Crippen LogP contribution is 2.39. The van der Waals surface area contributed by atoms with Gasteiger partial charge in [-0.15, -0.1) is 0 Å². The van der Waals surface area contributed by atoms with E-state index in [1.807, 2.05) is 30.8 Å². The Hall–Kier alpha value is -0.685. The molecule has 2 saturated heterocycles. The number of thioether (sulfide) groups is 1. The number of aryl methyl sites for hydroxylation is 1. The largest absolute Gasteiger partial charge is 0.490 e. The fourth-order valence-electron chi connectivity index (χ4n) is 3.15. The number of hydrogen-bond acceptors (Lipinski definition) is 5. The van der Waals surface area contributed by atoms with E-state index in [4.69, 9.17) is 9.47 Å². The Morgan fingerprint density at radius 1 is 1.43 bits per heavy atom. The zero-order valence-corrected chi connectivity index (χ0v) is 13.1. The Labute approximate surface area is 130 Å². The minimum absolute atomic E-state index is 0.0177. The van der Waals surface area contributed by atoms with Gasteiger partial charge in [0.1, 0.15) is 11.9 Å². The first-order valence-electron chi connectivity index (χ1n) is 7.43. The fourth-order valence-corrected chi connectivity index (χ4v) is 4.53. The van der Waals surface area contributed by atoms with E-state index in [1.54, 1.807) is 6.07 Å². The zero-order chi connectivity index (χ0) is 14.9. The van der Waals surface area contributed by atoms with Gasteiger partial charge < -0.3 is 19.5 Å². The Kier molecular flexibility index (Phi) is 4.50. The van der Waals surface area contributed by atoms with E-state index in [1.165, 1.54) is 5.75 Å². The van der Waals surface area contributed by atoms with Crippen LogP contribution < -0.4 is 10.2 Å². The molecule has 2 fully saturated rings. The molecular weight excluding hydrogens is 287 g/mol. The van der Waals surface area contributed by atoms with Crippen LogP contribution in [0.4, 0.5) is 0 Å². The maximum atomic E-state index is 9.25. The lowest BCUT2D eigenvalue weighted by atomic mass is 9.77. The molecule has 114 valence electrons. The quantitative estimate of drug-likeness (QED) is 0.819. The van der Waals surface area contributed by atoms with Crippen molar-refractivity contribution in [1.29, 1.82) is 0 Å². The highest BCUT2D eigenvalue weighted by atomic mass is 32.2. The molecule has 0 aromatic heterocycles. The fraction of sp³-hybridized carbons (Fsp3) is 0.600. The average Bonchev–Trinajstić information content (AvgIpc) is 2.86. The Morgan fingerprint density at radius 2 is 2.29 bits per heavy atom. The number of rotatable bonds is 3. The summed E-state index contributed by atoms with van der Waals surface area (Å²) in [6.07, 6.45) is 3.16. The summed E-state index contributed by atoms with van der Waals surface area (Å²) in [5, 5.41) is 18.5. The second-order valence-corrected chi connectivity index (χ2v) is 7.06. The van der Waals surface area contributed by atoms with Crippen molar-refractivity contribution in [3.63, 3.8) is 0 Å². The van der Waals surface area contributed by atoms with Gasteiger partial charge in [-0.05, 0) is 42.3 Å². The van der Waals surface area contributed by atoms with Crippen LogP contribution >= 0.6 is 11.8 Å². The molecule has 0 aliphatic carbocycles. The molecule has 1 aromatic rings. The van der Waals surface area contributed by atoms with Crippen molar-refractivity contribution in [2.24, 2.45) is 0 Å². The summed E-state index contributed by atoms with van der Waals surface area (Å²) in [6, 6.07) is 5.41. The van der Waals surface area contributed by atoms with Gasteiger partial charge in [-0.2, -0.15) is 11.8 Å². The summed E-state index contributed by atoms with van der Waals surface area (Å²) in [6.45, 7) is 2.62. The van der Waals surface area contributed by atoms with Crippen molar-refractivity contribution in [3.8, 4) is 5.75 Å². The molecule has 2 aliphatic rings. The van der Waals surface area contributed by atoms with Gasteiger partial charge in [0, 0.05) is 18.6 Å². The molecule has 21 heavy (non-hydrogen) atoms. The van der Waals surface area contributed by atoms with Crippen molar-refractivity contribution in [2.45, 2.75) is 37.9 Å². The molecule has 2 aliphatic heterocycles. The number of ether oxygens (including phenoxy) is 2. The van der Waals surface area contributed by atoms with E-state index in [0.29, 0.717) is 5.46 Å². The second-order valence-electron chi connectivity index (χ2n) is 5.96. The van der Waals surface area contributed by atoms with E-state index in [0.717, 1.165) is 42.9 Å². The topological polar surface area (TPSA) is 58.9 Å². The van der Waals surface area contributed by atoms with Gasteiger partial charge in [0.05, 0.1) is 12.2 Å². The molecule has 0 amide bonds. The molecule has 6 heteroatoms. The van der Waals surface area contributed by atoms with Crippen LogP contribution in [0.5, 0.6) is 5.75 Å². The van der Waals surface area contributed by atoms with Crippen LogP contribution in [0.25, 0.3) is 0 Å². The van der Waals surface area contributed by atoms with Crippen LogP contribution in [0.1, 0.15) is 24.8 Å². The summed E-state index contributed by atoms with van der Waals surface area (Å²) in [5.41, 5.74) is 1.38. The van der Waals surface area contributed by atoms with Gasteiger partial charge in [0.2, 0.25) is 0 Å². The van der Waals surface area contributed by atoms with Gasteiger partial charge in [0.15, 0.2) is 0 Å². The summed E-state index contributed by atoms with van der Waals surface area (Å²) < 4.78 is 12.1. The van der Waals surface area contributed by atoms with E-state index >= 15 is 0 Å². The molecule has 2 N–H and O–H groups in total. The highest BCUT2D eigenvalue weighted by Gasteiger charge is 2.41. The average molecular weight is 308 g/mol. The van der Waals surface area contributed by atoms with Gasteiger partial charge >= 0.3 is 7.12 Å². The molecule has 2 heterocycles. The first-order chi connectivity index (χ1) is 10.1. The van der Waals surface area contributed by atoms with Crippen LogP contribution in [0.2, 0.25) is 0 Å². The minimum Gasteiger partial charge on any atom is -0.490 e. The van der Waals surface area contributed by atoms with E-state index < -0.39 is 7.12 Å². The predicted molar refractivity (Wildman–Crippen MR) is 85.3 cm³/mol. The molecular formula is C15H21BO4S. The molecule has 4 nitrogen and oxygen atoms in total. The second kappa shape index (κ2) is 6.20. The molecule has 2 unspecified atom stereocenters. The molecule has 1 aromatic carbocycles. The zero-order valence-electron chi connectivity index (χ0n) is 12.2. The van der Waals surface area contributed by atoms with Gasteiger partial charge in [-0.25, -0.2) is 0 Å². The normalized spacial score (nSPS) is 28.8. The van der Waals surface area contributed by atoms with Crippen LogP contribution in [0.15, 0.2) is 18.2 Å². The highest BCUT2D eigenvalue weighted by molar-refractivity contribution is 7.99. The first kappa shape index (κ1) is 15.2. The third-order valence-corrected chi connectivity index (χ3v) is 5.56. The van der Waals surface area contributed by atoms with Crippen molar-refractivity contribution in [3.05, 3.63) is 23.8 Å². The molecule has 2 atom stereocenters. The Balaban J connectivity index is 1.67. The SMILES string of the molecule is Cc1cc(OC2CCOC3(CCSC3)C2)ccc1B(O)O. The van der Waals surface area contributed by atoms with Crippen LogP contribution in [-0.4, -0.2) is 47.0 Å². The third kappa shape index (κ3) is 3.39. The van der Waals surface area contributed by atoms with Crippen molar-refractivity contribution in [1.82, 2.24) is 0 Å². The van der Waals surface area contributed by atoms with Crippen LogP contribution in [0.3, 0.4) is 0 Å².